The van der Waals surface area contributed by atoms with Crippen molar-refractivity contribution in [3.63, 3.8) is 0 Å². The average molecular weight is 585 g/mol. The summed E-state index contributed by atoms with van der Waals surface area (Å²) in [7, 11) is 0. The summed E-state index contributed by atoms with van der Waals surface area (Å²) in [4.78, 5) is 29.4. The van der Waals surface area contributed by atoms with Crippen LogP contribution in [0.5, 0.6) is 0 Å². The number of aliphatic hydroxyl groups excluding tert-OH is 1. The first kappa shape index (κ1) is 30.8. The molecule has 0 radical (unpaired) electrons. The van der Waals surface area contributed by atoms with Gasteiger partial charge in [0, 0.05) is 12.3 Å². The van der Waals surface area contributed by atoms with Crippen molar-refractivity contribution >= 4 is 12.0 Å². The highest BCUT2D eigenvalue weighted by Crippen LogP contribution is 2.49. The molecule has 0 unspecified atom stereocenters. The fraction of sp³-hybridized carbons (Fsp3) is 0.444. The Bertz CT molecular complexity index is 1400. The molecule has 1 aliphatic carbocycles. The van der Waals surface area contributed by atoms with Gasteiger partial charge in [-0.15, -0.1) is 0 Å². The molecule has 43 heavy (non-hydrogen) atoms. The van der Waals surface area contributed by atoms with Gasteiger partial charge in [0.15, 0.2) is 0 Å². The highest BCUT2D eigenvalue weighted by atomic mass is 16.6. The summed E-state index contributed by atoms with van der Waals surface area (Å²) in [6, 6.07) is 27.0. The minimum absolute atomic E-state index is 0.0622. The maximum absolute atomic E-state index is 14.7. The van der Waals surface area contributed by atoms with Gasteiger partial charge in [-0.05, 0) is 76.1 Å². The van der Waals surface area contributed by atoms with Gasteiger partial charge >= 0.3 is 6.09 Å². The molecule has 7 nitrogen and oxygen atoms in total. The number of nitrogens with zero attached hydrogens (tertiary/aromatic N) is 1. The fourth-order valence-electron chi connectivity index (χ4n) is 6.55. The number of benzene rings is 3. The SMILES string of the molecule is CC(C)(C)OC(=O)N[C@@H](Cc1ccccc1)[C@H](O)C[C@@H](Cc1ccccc1)C(=O)N1[C@H]2c3ccccc3C[C@H]2OC1(C)C. The van der Waals surface area contributed by atoms with E-state index in [4.69, 9.17) is 9.47 Å². The van der Waals surface area contributed by atoms with Crippen LogP contribution in [-0.4, -0.2) is 51.6 Å². The van der Waals surface area contributed by atoms with E-state index in [9.17, 15) is 14.7 Å². The third-order valence-electron chi connectivity index (χ3n) is 8.35. The Morgan fingerprint density at radius 3 is 2.16 bits per heavy atom. The highest BCUT2D eigenvalue weighted by Gasteiger charge is 2.54. The topological polar surface area (TPSA) is 88.1 Å². The third-order valence-corrected chi connectivity index (χ3v) is 8.35. The van der Waals surface area contributed by atoms with Crippen molar-refractivity contribution < 1.29 is 24.2 Å². The summed E-state index contributed by atoms with van der Waals surface area (Å²) < 4.78 is 12.0. The summed E-state index contributed by atoms with van der Waals surface area (Å²) in [5, 5.41) is 14.7. The van der Waals surface area contributed by atoms with Crippen molar-refractivity contribution in [3.8, 4) is 0 Å². The van der Waals surface area contributed by atoms with Crippen molar-refractivity contribution in [2.75, 3.05) is 0 Å². The van der Waals surface area contributed by atoms with Crippen LogP contribution in [0.15, 0.2) is 84.9 Å². The molecule has 7 heteroatoms. The van der Waals surface area contributed by atoms with Crippen LogP contribution >= 0.6 is 0 Å². The number of hydrogen-bond donors (Lipinski definition) is 2. The Morgan fingerprint density at radius 2 is 1.53 bits per heavy atom. The lowest BCUT2D eigenvalue weighted by Crippen LogP contribution is -2.51. The Kier molecular flexibility index (Phi) is 8.95. The van der Waals surface area contributed by atoms with E-state index in [-0.39, 0.29) is 24.5 Å². The number of alkyl carbamates (subject to hydrolysis) is 1. The van der Waals surface area contributed by atoms with Gasteiger partial charge in [-0.25, -0.2) is 4.79 Å². The number of rotatable bonds is 9. The summed E-state index contributed by atoms with van der Waals surface area (Å²) in [6.07, 6.45) is 0.0439. The van der Waals surface area contributed by atoms with Crippen molar-refractivity contribution in [1.29, 1.82) is 0 Å². The molecule has 1 saturated heterocycles. The molecule has 2 amide bonds. The molecule has 2 N–H and O–H groups in total. The molecule has 0 saturated carbocycles. The number of carbonyl (C=O) groups is 2. The van der Waals surface area contributed by atoms with E-state index in [0.29, 0.717) is 12.8 Å². The normalized spacial score (nSPS) is 20.9. The lowest BCUT2D eigenvalue weighted by Gasteiger charge is -2.37. The van der Waals surface area contributed by atoms with Crippen LogP contribution in [0.2, 0.25) is 0 Å². The molecule has 2 aliphatic rings. The number of nitrogens with one attached hydrogen (secondary N) is 1. The molecule has 0 aromatic heterocycles. The van der Waals surface area contributed by atoms with Crippen molar-refractivity contribution in [2.24, 2.45) is 5.92 Å². The minimum Gasteiger partial charge on any atom is -0.444 e. The van der Waals surface area contributed by atoms with E-state index in [1.165, 1.54) is 5.56 Å². The molecule has 0 spiro atoms. The van der Waals surface area contributed by atoms with Gasteiger partial charge in [-0.2, -0.15) is 0 Å². The molecule has 228 valence electrons. The van der Waals surface area contributed by atoms with E-state index >= 15 is 0 Å². The smallest absolute Gasteiger partial charge is 0.407 e. The second-order valence-electron chi connectivity index (χ2n) is 13.3. The first-order chi connectivity index (χ1) is 20.4. The Hall–Kier alpha value is -3.68. The van der Waals surface area contributed by atoms with E-state index < -0.39 is 35.5 Å². The van der Waals surface area contributed by atoms with Gasteiger partial charge in [0.2, 0.25) is 5.91 Å². The van der Waals surface area contributed by atoms with E-state index in [1.54, 1.807) is 20.8 Å². The Balaban J connectivity index is 1.44. The molecule has 5 atom stereocenters. The van der Waals surface area contributed by atoms with Crippen LogP contribution in [0.3, 0.4) is 0 Å². The van der Waals surface area contributed by atoms with Crippen molar-refractivity contribution in [1.82, 2.24) is 10.2 Å². The molecule has 1 fully saturated rings. The first-order valence-corrected chi connectivity index (χ1v) is 15.3. The number of ether oxygens (including phenoxy) is 2. The van der Waals surface area contributed by atoms with Gasteiger partial charge in [-0.3, -0.25) is 4.79 Å². The molecular weight excluding hydrogens is 540 g/mol. The van der Waals surface area contributed by atoms with Gasteiger partial charge in [0.1, 0.15) is 11.3 Å². The van der Waals surface area contributed by atoms with Crippen LogP contribution < -0.4 is 5.32 Å². The first-order valence-electron chi connectivity index (χ1n) is 15.3. The van der Waals surface area contributed by atoms with Gasteiger partial charge < -0.3 is 24.8 Å². The average Bonchev–Trinajstić information content (AvgIpc) is 3.42. The minimum atomic E-state index is -1.01. The Morgan fingerprint density at radius 1 is 0.953 bits per heavy atom. The summed E-state index contributed by atoms with van der Waals surface area (Å²) >= 11 is 0. The van der Waals surface area contributed by atoms with E-state index in [0.717, 1.165) is 23.1 Å². The van der Waals surface area contributed by atoms with Crippen LogP contribution in [0.1, 0.15) is 69.3 Å². The van der Waals surface area contributed by atoms with E-state index in [1.807, 2.05) is 91.5 Å². The third kappa shape index (κ3) is 7.28. The molecule has 0 bridgehead atoms. The van der Waals surface area contributed by atoms with Crippen LogP contribution in [0, 0.1) is 5.92 Å². The van der Waals surface area contributed by atoms with E-state index in [2.05, 4.69) is 17.4 Å². The molecule has 3 aromatic carbocycles. The largest absolute Gasteiger partial charge is 0.444 e. The lowest BCUT2D eigenvalue weighted by molar-refractivity contribution is -0.153. The molecule has 1 aliphatic heterocycles. The standard InChI is InChI=1S/C36H44N2O5/c1-35(2,3)43-34(41)37-29(21-25-16-10-7-11-17-25)30(39)22-27(20-24-14-8-6-9-15-24)33(40)38-32-28-19-13-12-18-26(28)23-31(32)42-36(38,4)5/h6-19,27,29-32,39H,20-23H2,1-5H3,(H,37,41)/t27-,29+,30-,31-,32+/m1/s1. The molecule has 5 rings (SSSR count). The second kappa shape index (κ2) is 12.5. The monoisotopic (exact) mass is 584 g/mol. The van der Waals surface area contributed by atoms with Crippen molar-refractivity contribution in [2.45, 2.75) is 95.9 Å². The predicted octanol–water partition coefficient (Wildman–Crippen LogP) is 5.99. The maximum Gasteiger partial charge on any atom is 0.407 e. The number of fused-ring (bicyclic) bond motifs is 3. The highest BCUT2D eigenvalue weighted by molar-refractivity contribution is 5.81. The zero-order chi connectivity index (χ0) is 30.8. The Labute approximate surface area is 255 Å². The van der Waals surface area contributed by atoms with Crippen LogP contribution in [0.25, 0.3) is 0 Å². The van der Waals surface area contributed by atoms with Crippen LogP contribution in [-0.2, 0) is 33.5 Å². The number of amides is 2. The lowest BCUT2D eigenvalue weighted by atomic mass is 9.87. The summed E-state index contributed by atoms with van der Waals surface area (Å²) in [5.41, 5.74) is 2.81. The number of aliphatic hydroxyl groups is 1. The zero-order valence-electron chi connectivity index (χ0n) is 25.8. The quantitative estimate of drug-likeness (QED) is 0.323. The maximum atomic E-state index is 14.7. The molecule has 1 heterocycles. The summed E-state index contributed by atoms with van der Waals surface area (Å²) in [5.74, 6) is -0.613. The van der Waals surface area contributed by atoms with Gasteiger partial charge in [0.05, 0.1) is 24.3 Å². The molecular formula is C36H44N2O5. The second-order valence-corrected chi connectivity index (χ2v) is 13.3. The number of carbonyl (C=O) groups excluding carboxylic acids is 2. The zero-order valence-corrected chi connectivity index (χ0v) is 25.8. The van der Waals surface area contributed by atoms with Gasteiger partial charge in [-0.1, -0.05) is 84.9 Å². The van der Waals surface area contributed by atoms with Crippen molar-refractivity contribution in [3.05, 3.63) is 107 Å². The van der Waals surface area contributed by atoms with Gasteiger partial charge in [0.25, 0.3) is 0 Å². The fourth-order valence-corrected chi connectivity index (χ4v) is 6.55. The molecule has 3 aromatic rings. The summed E-state index contributed by atoms with van der Waals surface area (Å²) in [6.45, 7) is 9.31. The van der Waals surface area contributed by atoms with Crippen LogP contribution in [0.4, 0.5) is 4.79 Å². The number of hydrogen-bond acceptors (Lipinski definition) is 5. The predicted molar refractivity (Wildman–Crippen MR) is 166 cm³/mol.